The van der Waals surface area contributed by atoms with Gasteiger partial charge in [-0.1, -0.05) is 29.8 Å². The lowest BCUT2D eigenvalue weighted by Crippen LogP contribution is -2.08. The van der Waals surface area contributed by atoms with E-state index in [2.05, 4.69) is 25.9 Å². The minimum absolute atomic E-state index is 0.0482. The summed E-state index contributed by atoms with van der Waals surface area (Å²) in [6.07, 6.45) is 1.41. The number of carbonyl (C=O) groups is 1. The molecule has 0 fully saturated rings. The Kier molecular flexibility index (Phi) is 4.57. The first-order chi connectivity index (χ1) is 9.88. The van der Waals surface area contributed by atoms with E-state index < -0.39 is 5.97 Å². The first-order valence-electron chi connectivity index (χ1n) is 6.42. The molecule has 1 N–H and O–H groups in total. The maximum atomic E-state index is 11.3. The number of rotatable bonds is 4. The molecular weight excluding hydrogens is 336 g/mol. The number of ether oxygens (including phenoxy) is 1. The molecule has 2 aromatic rings. The molecule has 2 rings (SSSR count). The second-order valence-corrected chi connectivity index (χ2v) is 5.77. The van der Waals surface area contributed by atoms with Gasteiger partial charge >= 0.3 is 5.97 Å². The standard InChI is InChI=1S/C15H15BrN2O3/c1-8(2)14-17-7-12(13(18-14)15(19)20)21-10-4-5-11(16)9(3)6-10/h4-8H,1-3H3,(H,19,20). The minimum Gasteiger partial charge on any atom is -0.476 e. The number of carboxylic acid groups (broad SMARTS) is 1. The molecule has 1 heterocycles. The smallest absolute Gasteiger partial charge is 0.358 e. The van der Waals surface area contributed by atoms with Gasteiger partial charge in [0.1, 0.15) is 11.6 Å². The summed E-state index contributed by atoms with van der Waals surface area (Å²) in [5.41, 5.74) is 0.860. The van der Waals surface area contributed by atoms with Crippen LogP contribution in [0.1, 0.15) is 41.6 Å². The van der Waals surface area contributed by atoms with Gasteiger partial charge in [0.05, 0.1) is 6.20 Å². The van der Waals surface area contributed by atoms with Crippen molar-refractivity contribution in [2.45, 2.75) is 26.7 Å². The molecule has 0 aliphatic carbocycles. The molecule has 0 unspecified atom stereocenters. The molecule has 6 heteroatoms. The molecule has 0 atom stereocenters. The third-order valence-corrected chi connectivity index (χ3v) is 3.74. The van der Waals surface area contributed by atoms with Crippen molar-refractivity contribution in [1.82, 2.24) is 9.97 Å². The molecule has 0 saturated heterocycles. The second kappa shape index (κ2) is 6.22. The van der Waals surface area contributed by atoms with Crippen molar-refractivity contribution >= 4 is 21.9 Å². The van der Waals surface area contributed by atoms with E-state index in [1.165, 1.54) is 6.20 Å². The van der Waals surface area contributed by atoms with Crippen molar-refractivity contribution < 1.29 is 14.6 Å². The summed E-state index contributed by atoms with van der Waals surface area (Å²) < 4.78 is 6.57. The van der Waals surface area contributed by atoms with E-state index in [0.717, 1.165) is 10.0 Å². The first kappa shape index (κ1) is 15.4. The van der Waals surface area contributed by atoms with Gasteiger partial charge in [0.15, 0.2) is 11.4 Å². The van der Waals surface area contributed by atoms with Gasteiger partial charge in [0.25, 0.3) is 0 Å². The van der Waals surface area contributed by atoms with Gasteiger partial charge in [-0.25, -0.2) is 14.8 Å². The Morgan fingerprint density at radius 3 is 2.67 bits per heavy atom. The Morgan fingerprint density at radius 2 is 2.10 bits per heavy atom. The Labute approximate surface area is 131 Å². The predicted molar refractivity (Wildman–Crippen MR) is 82.0 cm³/mol. The van der Waals surface area contributed by atoms with Gasteiger partial charge in [-0.3, -0.25) is 0 Å². The van der Waals surface area contributed by atoms with Gasteiger partial charge in [0.2, 0.25) is 0 Å². The molecule has 5 nitrogen and oxygen atoms in total. The van der Waals surface area contributed by atoms with Crippen LogP contribution in [0.25, 0.3) is 0 Å². The second-order valence-electron chi connectivity index (χ2n) is 4.91. The number of hydrogen-bond donors (Lipinski definition) is 1. The van der Waals surface area contributed by atoms with E-state index in [1.54, 1.807) is 6.07 Å². The van der Waals surface area contributed by atoms with E-state index in [0.29, 0.717) is 11.6 Å². The zero-order chi connectivity index (χ0) is 15.6. The zero-order valence-electron chi connectivity index (χ0n) is 11.9. The maximum absolute atomic E-state index is 11.3. The number of nitrogens with zero attached hydrogens (tertiary/aromatic N) is 2. The fraction of sp³-hybridized carbons (Fsp3) is 0.267. The highest BCUT2D eigenvalue weighted by molar-refractivity contribution is 9.10. The van der Waals surface area contributed by atoms with Gasteiger partial charge < -0.3 is 9.84 Å². The molecule has 0 aliphatic heterocycles. The van der Waals surface area contributed by atoms with Crippen molar-refractivity contribution in [1.29, 1.82) is 0 Å². The molecule has 0 bridgehead atoms. The van der Waals surface area contributed by atoms with Crippen LogP contribution in [-0.4, -0.2) is 21.0 Å². The minimum atomic E-state index is -1.14. The zero-order valence-corrected chi connectivity index (χ0v) is 13.5. The topological polar surface area (TPSA) is 72.3 Å². The summed E-state index contributed by atoms with van der Waals surface area (Å²) in [5, 5.41) is 9.27. The van der Waals surface area contributed by atoms with Crippen LogP contribution >= 0.6 is 15.9 Å². The molecule has 21 heavy (non-hydrogen) atoms. The summed E-state index contributed by atoms with van der Waals surface area (Å²) in [6.45, 7) is 5.73. The summed E-state index contributed by atoms with van der Waals surface area (Å²) in [6, 6.07) is 5.40. The van der Waals surface area contributed by atoms with Gasteiger partial charge in [-0.05, 0) is 30.7 Å². The lowest BCUT2D eigenvalue weighted by Gasteiger charge is -2.11. The van der Waals surface area contributed by atoms with Gasteiger partial charge in [-0.15, -0.1) is 0 Å². The highest BCUT2D eigenvalue weighted by atomic mass is 79.9. The van der Waals surface area contributed by atoms with E-state index >= 15 is 0 Å². The number of aromatic carboxylic acids is 1. The third kappa shape index (κ3) is 3.58. The van der Waals surface area contributed by atoms with Crippen LogP contribution in [0.2, 0.25) is 0 Å². The van der Waals surface area contributed by atoms with Crippen molar-refractivity contribution in [3.8, 4) is 11.5 Å². The van der Waals surface area contributed by atoms with Crippen molar-refractivity contribution in [2.75, 3.05) is 0 Å². The number of halogens is 1. The van der Waals surface area contributed by atoms with Gasteiger partial charge in [0, 0.05) is 10.4 Å². The number of carboxylic acids is 1. The van der Waals surface area contributed by atoms with Crippen LogP contribution in [0.5, 0.6) is 11.5 Å². The fourth-order valence-corrected chi connectivity index (χ4v) is 1.94. The largest absolute Gasteiger partial charge is 0.476 e. The van der Waals surface area contributed by atoms with Gasteiger partial charge in [-0.2, -0.15) is 0 Å². The highest BCUT2D eigenvalue weighted by Crippen LogP contribution is 2.28. The van der Waals surface area contributed by atoms with Crippen LogP contribution in [0, 0.1) is 6.92 Å². The van der Waals surface area contributed by atoms with Crippen LogP contribution in [-0.2, 0) is 0 Å². The Morgan fingerprint density at radius 1 is 1.38 bits per heavy atom. The normalized spacial score (nSPS) is 10.7. The number of aryl methyl sites for hydroxylation is 1. The molecular formula is C15H15BrN2O3. The van der Waals surface area contributed by atoms with Crippen molar-refractivity contribution in [3.05, 3.63) is 46.0 Å². The molecule has 0 spiro atoms. The Bertz CT molecular complexity index is 687. The quantitative estimate of drug-likeness (QED) is 0.895. The van der Waals surface area contributed by atoms with Crippen LogP contribution < -0.4 is 4.74 Å². The molecule has 1 aromatic carbocycles. The SMILES string of the molecule is Cc1cc(Oc2cnc(C(C)C)nc2C(=O)O)ccc1Br. The summed E-state index contributed by atoms with van der Waals surface area (Å²) in [5.74, 6) is 0.0645. The molecule has 0 radical (unpaired) electrons. The van der Waals surface area contributed by atoms with Crippen molar-refractivity contribution in [3.63, 3.8) is 0 Å². The average molecular weight is 351 g/mol. The number of hydrogen-bond acceptors (Lipinski definition) is 4. The average Bonchev–Trinajstić information content (AvgIpc) is 2.43. The van der Waals surface area contributed by atoms with Crippen LogP contribution in [0.4, 0.5) is 0 Å². The monoisotopic (exact) mass is 350 g/mol. The van der Waals surface area contributed by atoms with Crippen LogP contribution in [0.15, 0.2) is 28.9 Å². The number of aromatic nitrogens is 2. The summed E-state index contributed by atoms with van der Waals surface area (Å²) >= 11 is 3.40. The van der Waals surface area contributed by atoms with E-state index in [9.17, 15) is 9.90 Å². The van der Waals surface area contributed by atoms with E-state index in [-0.39, 0.29) is 17.4 Å². The first-order valence-corrected chi connectivity index (χ1v) is 7.22. The molecule has 0 aliphatic rings. The highest BCUT2D eigenvalue weighted by Gasteiger charge is 2.17. The fourth-order valence-electron chi connectivity index (χ4n) is 1.70. The molecule has 1 aromatic heterocycles. The Hall–Kier alpha value is -1.95. The molecule has 0 amide bonds. The summed E-state index contributed by atoms with van der Waals surface area (Å²) in [7, 11) is 0. The lowest BCUT2D eigenvalue weighted by molar-refractivity contribution is 0.0686. The third-order valence-electron chi connectivity index (χ3n) is 2.85. The van der Waals surface area contributed by atoms with E-state index in [4.69, 9.17) is 4.74 Å². The summed E-state index contributed by atoms with van der Waals surface area (Å²) in [4.78, 5) is 19.5. The van der Waals surface area contributed by atoms with E-state index in [1.807, 2.05) is 32.9 Å². The van der Waals surface area contributed by atoms with Crippen molar-refractivity contribution in [2.24, 2.45) is 0 Å². The molecule has 0 saturated carbocycles. The lowest BCUT2D eigenvalue weighted by atomic mass is 10.2. The molecule has 110 valence electrons. The predicted octanol–water partition coefficient (Wildman–Crippen LogP) is 4.16. The Balaban J connectivity index is 2.39. The maximum Gasteiger partial charge on any atom is 0.358 e. The van der Waals surface area contributed by atoms with Crippen LogP contribution in [0.3, 0.4) is 0 Å². The number of benzene rings is 1.